The highest BCUT2D eigenvalue weighted by Gasteiger charge is 2.29. The SMILES string of the molecule is CCCCCN(CCCc1cccc(OC(C)(C)C(=O)O)c1)c1nc2ccccc2o1. The van der Waals surface area contributed by atoms with E-state index in [1.54, 1.807) is 19.9 Å². The summed E-state index contributed by atoms with van der Waals surface area (Å²) in [6.07, 6.45) is 5.23. The predicted octanol–water partition coefficient (Wildman–Crippen LogP) is 5.70. The zero-order valence-electron chi connectivity index (χ0n) is 18.6. The van der Waals surface area contributed by atoms with Crippen LogP contribution in [0.1, 0.15) is 52.0 Å². The molecule has 2 aromatic carbocycles. The van der Waals surface area contributed by atoms with Gasteiger partial charge in [-0.3, -0.25) is 0 Å². The zero-order chi connectivity index (χ0) is 22.3. The van der Waals surface area contributed by atoms with Crippen molar-refractivity contribution in [1.82, 2.24) is 4.98 Å². The Morgan fingerprint density at radius 1 is 1.10 bits per heavy atom. The van der Waals surface area contributed by atoms with Crippen molar-refractivity contribution in [3.8, 4) is 5.75 Å². The number of aromatic nitrogens is 1. The molecule has 0 bridgehead atoms. The molecule has 0 amide bonds. The van der Waals surface area contributed by atoms with E-state index in [1.807, 2.05) is 42.5 Å². The van der Waals surface area contributed by atoms with Gasteiger partial charge in [-0.1, -0.05) is 44.0 Å². The van der Waals surface area contributed by atoms with Crippen molar-refractivity contribution < 1.29 is 19.1 Å². The normalized spacial score (nSPS) is 11.6. The van der Waals surface area contributed by atoms with Crippen molar-refractivity contribution in [2.45, 2.75) is 58.5 Å². The Morgan fingerprint density at radius 3 is 2.61 bits per heavy atom. The van der Waals surface area contributed by atoms with Gasteiger partial charge in [-0.05, 0) is 62.9 Å². The Labute approximate surface area is 183 Å². The van der Waals surface area contributed by atoms with E-state index in [2.05, 4.69) is 16.8 Å². The molecule has 0 unspecified atom stereocenters. The average Bonchev–Trinajstić information content (AvgIpc) is 3.17. The second-order valence-corrected chi connectivity index (χ2v) is 8.33. The van der Waals surface area contributed by atoms with Crippen LogP contribution in [0.3, 0.4) is 0 Å². The first-order chi connectivity index (χ1) is 14.9. The number of anilines is 1. The van der Waals surface area contributed by atoms with Crippen molar-refractivity contribution in [3.05, 3.63) is 54.1 Å². The van der Waals surface area contributed by atoms with Crippen LogP contribution in [0.25, 0.3) is 11.1 Å². The topological polar surface area (TPSA) is 75.8 Å². The molecule has 166 valence electrons. The maximum absolute atomic E-state index is 11.3. The van der Waals surface area contributed by atoms with E-state index in [0.717, 1.165) is 49.0 Å². The maximum Gasteiger partial charge on any atom is 0.347 e. The van der Waals surface area contributed by atoms with Gasteiger partial charge in [0.15, 0.2) is 11.2 Å². The summed E-state index contributed by atoms with van der Waals surface area (Å²) in [5.41, 5.74) is 1.54. The number of nitrogens with zero attached hydrogens (tertiary/aromatic N) is 2. The van der Waals surface area contributed by atoms with Crippen LogP contribution in [-0.2, 0) is 11.2 Å². The molecule has 0 aliphatic carbocycles. The molecule has 3 rings (SSSR count). The molecule has 0 fully saturated rings. The Hall–Kier alpha value is -3.02. The number of hydrogen-bond acceptors (Lipinski definition) is 5. The molecule has 31 heavy (non-hydrogen) atoms. The fraction of sp³-hybridized carbons (Fsp3) is 0.440. The number of benzene rings is 2. The molecule has 6 heteroatoms. The number of carbonyl (C=O) groups is 1. The second-order valence-electron chi connectivity index (χ2n) is 8.33. The molecule has 0 radical (unpaired) electrons. The number of fused-ring (bicyclic) bond motifs is 1. The lowest BCUT2D eigenvalue weighted by Gasteiger charge is -2.22. The van der Waals surface area contributed by atoms with Crippen molar-refractivity contribution >= 4 is 23.1 Å². The number of aliphatic carboxylic acids is 1. The minimum Gasteiger partial charge on any atom is -0.478 e. The predicted molar refractivity (Wildman–Crippen MR) is 123 cm³/mol. The van der Waals surface area contributed by atoms with Crippen molar-refractivity contribution in [3.63, 3.8) is 0 Å². The smallest absolute Gasteiger partial charge is 0.347 e. The lowest BCUT2D eigenvalue weighted by molar-refractivity contribution is -0.152. The molecule has 0 aliphatic heterocycles. The number of aryl methyl sites for hydroxylation is 1. The van der Waals surface area contributed by atoms with Gasteiger partial charge in [-0.25, -0.2) is 4.79 Å². The summed E-state index contributed by atoms with van der Waals surface area (Å²) < 4.78 is 11.7. The molecule has 1 N–H and O–H groups in total. The standard InChI is InChI=1S/C25H32N2O4/c1-4-5-8-16-27(24-26-21-14-6-7-15-22(21)30-24)17-10-12-19-11-9-13-20(18-19)31-25(2,3)23(28)29/h6-7,9,11,13-15,18H,4-5,8,10,12,16-17H2,1-3H3,(H,28,29). The number of carboxylic acids is 1. The number of rotatable bonds is 12. The van der Waals surface area contributed by atoms with Gasteiger partial charge in [0.2, 0.25) is 0 Å². The van der Waals surface area contributed by atoms with Gasteiger partial charge in [0.1, 0.15) is 11.3 Å². The monoisotopic (exact) mass is 424 g/mol. The van der Waals surface area contributed by atoms with E-state index in [1.165, 1.54) is 12.8 Å². The Balaban J connectivity index is 1.63. The minimum absolute atomic E-state index is 0.573. The van der Waals surface area contributed by atoms with Crippen LogP contribution < -0.4 is 9.64 Å². The van der Waals surface area contributed by atoms with Crippen LogP contribution in [-0.4, -0.2) is 34.8 Å². The molecular weight excluding hydrogens is 392 g/mol. The molecule has 0 atom stereocenters. The molecule has 0 spiro atoms. The summed E-state index contributed by atoms with van der Waals surface area (Å²) >= 11 is 0. The van der Waals surface area contributed by atoms with Gasteiger partial charge >= 0.3 is 5.97 Å². The second kappa shape index (κ2) is 10.3. The third-order valence-electron chi connectivity index (χ3n) is 5.26. The van der Waals surface area contributed by atoms with E-state index in [0.29, 0.717) is 11.8 Å². The van der Waals surface area contributed by atoms with E-state index < -0.39 is 11.6 Å². The lowest BCUT2D eigenvalue weighted by atomic mass is 10.1. The number of ether oxygens (including phenoxy) is 1. The summed E-state index contributed by atoms with van der Waals surface area (Å²) in [5, 5.41) is 9.28. The highest BCUT2D eigenvalue weighted by Crippen LogP contribution is 2.24. The average molecular weight is 425 g/mol. The molecule has 1 heterocycles. The first kappa shape index (κ1) is 22.7. The highest BCUT2D eigenvalue weighted by molar-refractivity contribution is 5.76. The Bertz CT molecular complexity index is 963. The highest BCUT2D eigenvalue weighted by atomic mass is 16.5. The summed E-state index contributed by atoms with van der Waals surface area (Å²) in [5.74, 6) is -0.414. The first-order valence-corrected chi connectivity index (χ1v) is 11.0. The van der Waals surface area contributed by atoms with E-state index in [-0.39, 0.29) is 0 Å². The fourth-order valence-corrected chi connectivity index (χ4v) is 3.43. The third-order valence-corrected chi connectivity index (χ3v) is 5.26. The lowest BCUT2D eigenvalue weighted by Crippen LogP contribution is -2.37. The number of unbranched alkanes of at least 4 members (excludes halogenated alkanes) is 2. The molecule has 6 nitrogen and oxygen atoms in total. The van der Waals surface area contributed by atoms with Gasteiger partial charge in [0.25, 0.3) is 6.01 Å². The molecule has 0 saturated heterocycles. The van der Waals surface area contributed by atoms with Gasteiger partial charge in [-0.2, -0.15) is 4.98 Å². The van der Waals surface area contributed by atoms with E-state index in [4.69, 9.17) is 9.15 Å². The van der Waals surface area contributed by atoms with Crippen LogP contribution >= 0.6 is 0 Å². The number of para-hydroxylation sites is 2. The van der Waals surface area contributed by atoms with Gasteiger partial charge in [-0.15, -0.1) is 0 Å². The Morgan fingerprint density at radius 2 is 1.87 bits per heavy atom. The largest absolute Gasteiger partial charge is 0.478 e. The molecular formula is C25H32N2O4. The van der Waals surface area contributed by atoms with Gasteiger partial charge in [0.05, 0.1) is 0 Å². The van der Waals surface area contributed by atoms with Crippen LogP contribution in [0.2, 0.25) is 0 Å². The van der Waals surface area contributed by atoms with Crippen molar-refractivity contribution in [1.29, 1.82) is 0 Å². The van der Waals surface area contributed by atoms with Crippen LogP contribution in [0.5, 0.6) is 5.75 Å². The fourth-order valence-electron chi connectivity index (χ4n) is 3.43. The molecule has 3 aromatic rings. The number of oxazole rings is 1. The third kappa shape index (κ3) is 6.23. The minimum atomic E-state index is -1.26. The van der Waals surface area contributed by atoms with Crippen LogP contribution in [0.4, 0.5) is 6.01 Å². The van der Waals surface area contributed by atoms with Gasteiger partial charge < -0.3 is 19.2 Å². The summed E-state index contributed by atoms with van der Waals surface area (Å²) in [7, 11) is 0. The Kier molecular flexibility index (Phi) is 7.55. The summed E-state index contributed by atoms with van der Waals surface area (Å²) in [6, 6.07) is 16.2. The van der Waals surface area contributed by atoms with E-state index in [9.17, 15) is 9.90 Å². The number of hydrogen-bond donors (Lipinski definition) is 1. The molecule has 0 saturated carbocycles. The maximum atomic E-state index is 11.3. The summed E-state index contributed by atoms with van der Waals surface area (Å²) in [6.45, 7) is 7.05. The quantitative estimate of drug-likeness (QED) is 0.376. The van der Waals surface area contributed by atoms with Crippen molar-refractivity contribution in [2.24, 2.45) is 0 Å². The molecule has 1 aromatic heterocycles. The summed E-state index contributed by atoms with van der Waals surface area (Å²) in [4.78, 5) is 18.2. The van der Waals surface area contributed by atoms with Crippen LogP contribution in [0, 0.1) is 0 Å². The van der Waals surface area contributed by atoms with Crippen LogP contribution in [0.15, 0.2) is 52.9 Å². The van der Waals surface area contributed by atoms with Crippen molar-refractivity contribution in [2.75, 3.05) is 18.0 Å². The molecule has 0 aliphatic rings. The first-order valence-electron chi connectivity index (χ1n) is 11.0. The van der Waals surface area contributed by atoms with Gasteiger partial charge in [0, 0.05) is 13.1 Å². The zero-order valence-corrected chi connectivity index (χ0v) is 18.6. The number of carboxylic acid groups (broad SMARTS) is 1. The van der Waals surface area contributed by atoms with E-state index >= 15 is 0 Å².